The number of hydrogen-bond donors (Lipinski definition) is 0. The van der Waals surface area contributed by atoms with Gasteiger partial charge in [-0.25, -0.2) is 0 Å². The molecule has 0 unspecified atom stereocenters. The number of furan rings is 1. The lowest BCUT2D eigenvalue weighted by atomic mass is 10.3. The lowest BCUT2D eigenvalue weighted by Crippen LogP contribution is -2.30. The molecule has 0 saturated carbocycles. The minimum atomic E-state index is -0.236. The van der Waals surface area contributed by atoms with E-state index in [1.54, 1.807) is 13.0 Å². The second kappa shape index (κ2) is 7.29. The van der Waals surface area contributed by atoms with Crippen molar-refractivity contribution in [1.82, 2.24) is 4.90 Å². The van der Waals surface area contributed by atoms with Crippen LogP contribution in [0.5, 0.6) is 0 Å². The second-order valence-corrected chi connectivity index (χ2v) is 4.25. The van der Waals surface area contributed by atoms with Gasteiger partial charge < -0.3 is 9.15 Å². The van der Waals surface area contributed by atoms with Gasteiger partial charge in [-0.05, 0) is 35.0 Å². The fraction of sp³-hybridized carbons (Fsp3) is 0.417. The maximum atomic E-state index is 11.4. The highest BCUT2D eigenvalue weighted by molar-refractivity contribution is 9.10. The van der Waals surface area contributed by atoms with Crippen molar-refractivity contribution in [3.8, 4) is 0 Å². The van der Waals surface area contributed by atoms with Gasteiger partial charge in [0.05, 0.1) is 19.7 Å². The monoisotopic (exact) mass is 301 g/mol. The van der Waals surface area contributed by atoms with Crippen LogP contribution in [0.1, 0.15) is 12.7 Å². The Morgan fingerprint density at radius 3 is 2.94 bits per heavy atom. The Kier molecular flexibility index (Phi) is 6.00. The van der Waals surface area contributed by atoms with Gasteiger partial charge in [-0.2, -0.15) is 0 Å². The zero-order valence-corrected chi connectivity index (χ0v) is 11.4. The van der Waals surface area contributed by atoms with Crippen molar-refractivity contribution < 1.29 is 13.9 Å². The fourth-order valence-electron chi connectivity index (χ4n) is 1.41. The fourth-order valence-corrected chi connectivity index (χ4v) is 1.75. The van der Waals surface area contributed by atoms with Crippen LogP contribution in [0, 0.1) is 0 Å². The summed E-state index contributed by atoms with van der Waals surface area (Å²) in [5, 5.41) is 0. The van der Waals surface area contributed by atoms with Crippen LogP contribution in [-0.4, -0.2) is 30.6 Å². The topological polar surface area (TPSA) is 42.7 Å². The van der Waals surface area contributed by atoms with E-state index < -0.39 is 0 Å². The van der Waals surface area contributed by atoms with Crippen LogP contribution < -0.4 is 0 Å². The first-order valence-corrected chi connectivity index (χ1v) is 6.18. The van der Waals surface area contributed by atoms with E-state index in [4.69, 9.17) is 9.15 Å². The van der Waals surface area contributed by atoms with Crippen LogP contribution in [0.4, 0.5) is 0 Å². The first-order chi connectivity index (χ1) is 8.15. The van der Waals surface area contributed by atoms with E-state index in [-0.39, 0.29) is 12.5 Å². The number of rotatable bonds is 7. The first-order valence-electron chi connectivity index (χ1n) is 5.38. The Balaban J connectivity index is 2.53. The van der Waals surface area contributed by atoms with Crippen LogP contribution in [0.15, 0.2) is 33.9 Å². The molecule has 0 saturated heterocycles. The average molecular weight is 302 g/mol. The molecule has 4 nitrogen and oxygen atoms in total. The highest BCUT2D eigenvalue weighted by Gasteiger charge is 2.12. The number of halogens is 1. The molecule has 0 bridgehead atoms. The van der Waals surface area contributed by atoms with E-state index in [9.17, 15) is 4.79 Å². The standard InChI is InChI=1S/C12H16BrNO3/c1-3-7-14(9-12(15)16-4-2)8-10-5-6-11(13)17-10/h3,5-6H,1,4,7-9H2,2H3. The molecule has 0 aliphatic heterocycles. The lowest BCUT2D eigenvalue weighted by Gasteiger charge is -2.17. The summed E-state index contributed by atoms with van der Waals surface area (Å²) >= 11 is 3.24. The van der Waals surface area contributed by atoms with E-state index in [0.29, 0.717) is 24.4 Å². The summed E-state index contributed by atoms with van der Waals surface area (Å²) in [4.78, 5) is 13.3. The van der Waals surface area contributed by atoms with E-state index in [1.165, 1.54) is 0 Å². The third kappa shape index (κ3) is 5.19. The quantitative estimate of drug-likeness (QED) is 0.573. The molecule has 1 heterocycles. The van der Waals surface area contributed by atoms with Gasteiger partial charge >= 0.3 is 5.97 Å². The maximum Gasteiger partial charge on any atom is 0.320 e. The second-order valence-electron chi connectivity index (χ2n) is 3.47. The van der Waals surface area contributed by atoms with Gasteiger partial charge in [0, 0.05) is 6.54 Å². The highest BCUT2D eigenvalue weighted by atomic mass is 79.9. The smallest absolute Gasteiger partial charge is 0.320 e. The summed E-state index contributed by atoms with van der Waals surface area (Å²) in [6.45, 7) is 7.25. The highest BCUT2D eigenvalue weighted by Crippen LogP contribution is 2.15. The van der Waals surface area contributed by atoms with Crippen molar-refractivity contribution >= 4 is 21.9 Å². The van der Waals surface area contributed by atoms with E-state index >= 15 is 0 Å². The van der Waals surface area contributed by atoms with Gasteiger partial charge in [0.2, 0.25) is 0 Å². The Morgan fingerprint density at radius 1 is 1.65 bits per heavy atom. The van der Waals surface area contributed by atoms with Crippen molar-refractivity contribution in [3.63, 3.8) is 0 Å². The zero-order valence-electron chi connectivity index (χ0n) is 9.82. The minimum Gasteiger partial charge on any atom is -0.465 e. The Labute approximate surface area is 109 Å². The number of ether oxygens (including phenoxy) is 1. The first kappa shape index (κ1) is 14.0. The van der Waals surface area contributed by atoms with Crippen molar-refractivity contribution in [3.05, 3.63) is 35.2 Å². The van der Waals surface area contributed by atoms with Gasteiger partial charge in [0.15, 0.2) is 4.67 Å². The van der Waals surface area contributed by atoms with Crippen LogP contribution >= 0.6 is 15.9 Å². The molecule has 1 aromatic rings. The molecule has 5 heteroatoms. The Bertz CT molecular complexity index is 376. The molecular formula is C12H16BrNO3. The van der Waals surface area contributed by atoms with Crippen molar-refractivity contribution in [2.45, 2.75) is 13.5 Å². The van der Waals surface area contributed by atoms with Gasteiger partial charge in [-0.15, -0.1) is 6.58 Å². The Morgan fingerprint density at radius 2 is 2.41 bits per heavy atom. The summed E-state index contributed by atoms with van der Waals surface area (Å²) in [6, 6.07) is 3.69. The van der Waals surface area contributed by atoms with Gasteiger partial charge in [-0.3, -0.25) is 9.69 Å². The molecule has 0 N–H and O–H groups in total. The molecule has 0 aromatic carbocycles. The predicted octanol–water partition coefficient (Wildman–Crippen LogP) is 2.59. The third-order valence-electron chi connectivity index (χ3n) is 2.05. The van der Waals surface area contributed by atoms with Crippen LogP contribution in [0.2, 0.25) is 0 Å². The lowest BCUT2D eigenvalue weighted by molar-refractivity contribution is -0.144. The summed E-state index contributed by atoms with van der Waals surface area (Å²) in [6.07, 6.45) is 1.75. The number of nitrogens with zero attached hydrogens (tertiary/aromatic N) is 1. The molecule has 1 aromatic heterocycles. The van der Waals surface area contributed by atoms with E-state index in [1.807, 2.05) is 17.0 Å². The van der Waals surface area contributed by atoms with Crippen LogP contribution in [0.3, 0.4) is 0 Å². The average Bonchev–Trinajstić information content (AvgIpc) is 2.64. The number of carbonyl (C=O) groups is 1. The molecule has 0 amide bonds. The number of carbonyl (C=O) groups excluding carboxylic acids is 1. The van der Waals surface area contributed by atoms with Gasteiger partial charge in [0.1, 0.15) is 5.76 Å². The molecule has 17 heavy (non-hydrogen) atoms. The molecular weight excluding hydrogens is 286 g/mol. The Hall–Kier alpha value is -1.07. The van der Waals surface area contributed by atoms with Crippen LogP contribution in [0.25, 0.3) is 0 Å². The normalized spacial score (nSPS) is 10.5. The SMILES string of the molecule is C=CCN(CC(=O)OCC)Cc1ccc(Br)o1. The van der Waals surface area contributed by atoms with Crippen molar-refractivity contribution in [1.29, 1.82) is 0 Å². The zero-order chi connectivity index (χ0) is 12.7. The molecule has 0 atom stereocenters. The molecule has 0 aliphatic rings. The van der Waals surface area contributed by atoms with E-state index in [0.717, 1.165) is 5.76 Å². The summed E-state index contributed by atoms with van der Waals surface area (Å²) in [7, 11) is 0. The molecule has 0 radical (unpaired) electrons. The molecule has 94 valence electrons. The third-order valence-corrected chi connectivity index (χ3v) is 2.48. The maximum absolute atomic E-state index is 11.4. The molecule has 1 rings (SSSR count). The number of esters is 1. The molecule has 0 fully saturated rings. The van der Waals surface area contributed by atoms with Gasteiger partial charge in [0.25, 0.3) is 0 Å². The van der Waals surface area contributed by atoms with Crippen LogP contribution in [-0.2, 0) is 16.1 Å². The summed E-state index contributed by atoms with van der Waals surface area (Å²) in [5.41, 5.74) is 0. The summed E-state index contributed by atoms with van der Waals surface area (Å²) in [5.74, 6) is 0.558. The van der Waals surface area contributed by atoms with E-state index in [2.05, 4.69) is 22.5 Å². The van der Waals surface area contributed by atoms with Crippen molar-refractivity contribution in [2.75, 3.05) is 19.7 Å². The largest absolute Gasteiger partial charge is 0.465 e. The minimum absolute atomic E-state index is 0.234. The predicted molar refractivity (Wildman–Crippen MR) is 68.5 cm³/mol. The molecule has 0 spiro atoms. The molecule has 0 aliphatic carbocycles. The van der Waals surface area contributed by atoms with Crippen molar-refractivity contribution in [2.24, 2.45) is 0 Å². The summed E-state index contributed by atoms with van der Waals surface area (Å²) < 4.78 is 11.0. The van der Waals surface area contributed by atoms with Gasteiger partial charge in [-0.1, -0.05) is 6.08 Å². The number of hydrogen-bond acceptors (Lipinski definition) is 4.